The van der Waals surface area contributed by atoms with E-state index in [2.05, 4.69) is 11.4 Å². The third-order valence-electron chi connectivity index (χ3n) is 7.62. The second-order valence-electron chi connectivity index (χ2n) is 10.6. The van der Waals surface area contributed by atoms with Crippen LogP contribution in [0, 0.1) is 0 Å². The number of unbranched alkanes of at least 4 members (excludes halogenated alkanes) is 1. The van der Waals surface area contributed by atoms with Gasteiger partial charge in [0.25, 0.3) is 0 Å². The molecule has 2 N–H and O–H groups in total. The lowest BCUT2D eigenvalue weighted by atomic mass is 10.0. The first kappa shape index (κ1) is 35.7. The number of hydroxylamine groups is 2. The van der Waals surface area contributed by atoms with E-state index in [1.807, 2.05) is 61.2 Å². The van der Waals surface area contributed by atoms with E-state index in [1.165, 1.54) is 0 Å². The normalized spacial score (nSPS) is 15.7. The highest BCUT2D eigenvalue weighted by molar-refractivity contribution is 8.00. The van der Waals surface area contributed by atoms with Gasteiger partial charge in [0, 0.05) is 38.3 Å². The summed E-state index contributed by atoms with van der Waals surface area (Å²) in [6.07, 6.45) is 3.48. The van der Waals surface area contributed by atoms with E-state index in [0.29, 0.717) is 52.6 Å². The van der Waals surface area contributed by atoms with Crippen LogP contribution >= 0.6 is 35.1 Å². The minimum Gasteiger partial charge on any atom is -0.493 e. The molecule has 2 unspecified atom stereocenters. The van der Waals surface area contributed by atoms with Crippen LogP contribution in [-0.2, 0) is 6.54 Å². The molecule has 9 nitrogen and oxygen atoms in total. The maximum Gasteiger partial charge on any atom is 0.341 e. The standard InChI is InChI=1S/C34H43ClN2O7S2/c1-6-7-14-37(39)34(38)36-21-24-17-22(18-27(40-2)32(24)44-15-16-45-26-10-8-25(35)9-11-26)30-12-13-31(46-30)23-19-28(41-3)33(43-5)29(20-23)42-4/h8-11,17-20,30-31,39H,6-7,12-16,21H2,1-5H3,(H,36,38). The third-order valence-corrected chi connectivity index (χ3v) is 10.5. The van der Waals surface area contributed by atoms with Crippen LogP contribution in [0.1, 0.15) is 59.8 Å². The van der Waals surface area contributed by atoms with Crippen molar-refractivity contribution in [1.29, 1.82) is 0 Å². The van der Waals surface area contributed by atoms with Crippen LogP contribution in [0.15, 0.2) is 53.4 Å². The Hall–Kier alpha value is -3.12. The quantitative estimate of drug-likeness (QED) is 0.0663. The molecule has 1 saturated heterocycles. The van der Waals surface area contributed by atoms with E-state index in [1.54, 1.807) is 40.2 Å². The smallest absolute Gasteiger partial charge is 0.341 e. The fraction of sp³-hybridized carbons (Fsp3) is 0.441. The number of carbonyl (C=O) groups excluding carboxylic acids is 1. The summed E-state index contributed by atoms with van der Waals surface area (Å²) in [5, 5.41) is 14.9. The number of rotatable bonds is 16. The zero-order chi connectivity index (χ0) is 33.1. The average Bonchev–Trinajstić information content (AvgIpc) is 3.58. The van der Waals surface area contributed by atoms with Crippen LogP contribution in [0.5, 0.6) is 28.7 Å². The number of halogens is 1. The molecule has 46 heavy (non-hydrogen) atoms. The van der Waals surface area contributed by atoms with Crippen LogP contribution in [0.3, 0.4) is 0 Å². The second kappa shape index (κ2) is 17.7. The van der Waals surface area contributed by atoms with Crippen LogP contribution in [0.2, 0.25) is 5.02 Å². The van der Waals surface area contributed by atoms with Gasteiger partial charge in [-0.05, 0) is 78.9 Å². The molecule has 1 aliphatic rings. The monoisotopic (exact) mass is 690 g/mol. The van der Waals surface area contributed by atoms with Crippen molar-refractivity contribution in [1.82, 2.24) is 10.4 Å². The minimum atomic E-state index is -0.556. The molecule has 250 valence electrons. The van der Waals surface area contributed by atoms with Crippen LogP contribution < -0.4 is 29.0 Å². The summed E-state index contributed by atoms with van der Waals surface area (Å²) in [6.45, 7) is 2.86. The minimum absolute atomic E-state index is 0.166. The number of methoxy groups -OCH3 is 4. The van der Waals surface area contributed by atoms with Gasteiger partial charge in [-0.2, -0.15) is 0 Å². The summed E-state index contributed by atoms with van der Waals surface area (Å²) in [4.78, 5) is 13.8. The Morgan fingerprint density at radius 2 is 1.52 bits per heavy atom. The van der Waals surface area contributed by atoms with E-state index < -0.39 is 6.03 Å². The molecule has 1 heterocycles. The predicted octanol–water partition coefficient (Wildman–Crippen LogP) is 8.56. The second-order valence-corrected chi connectivity index (χ2v) is 13.7. The highest BCUT2D eigenvalue weighted by Crippen LogP contribution is 2.55. The van der Waals surface area contributed by atoms with E-state index in [-0.39, 0.29) is 23.6 Å². The molecule has 0 aliphatic carbocycles. The summed E-state index contributed by atoms with van der Waals surface area (Å²) >= 11 is 9.55. The van der Waals surface area contributed by atoms with Crippen molar-refractivity contribution >= 4 is 41.2 Å². The first-order chi connectivity index (χ1) is 22.3. The van der Waals surface area contributed by atoms with Crippen LogP contribution in [0.25, 0.3) is 0 Å². The fourth-order valence-electron chi connectivity index (χ4n) is 5.24. The SMILES string of the molecule is CCCCN(O)C(=O)NCc1cc(C2CCC(c3cc(OC)c(OC)c(OC)c3)S2)cc(OC)c1OCCSc1ccc(Cl)cc1. The molecule has 12 heteroatoms. The van der Waals surface area contributed by atoms with Gasteiger partial charge < -0.3 is 29.0 Å². The maximum absolute atomic E-state index is 12.7. The number of nitrogens with one attached hydrogen (secondary N) is 1. The van der Waals surface area contributed by atoms with Crippen molar-refractivity contribution in [2.24, 2.45) is 0 Å². The van der Waals surface area contributed by atoms with Crippen molar-refractivity contribution in [3.63, 3.8) is 0 Å². The van der Waals surface area contributed by atoms with Gasteiger partial charge >= 0.3 is 6.03 Å². The van der Waals surface area contributed by atoms with Gasteiger partial charge in [0.15, 0.2) is 23.0 Å². The molecule has 0 bridgehead atoms. The average molecular weight is 691 g/mol. The zero-order valence-electron chi connectivity index (χ0n) is 27.0. The largest absolute Gasteiger partial charge is 0.493 e. The lowest BCUT2D eigenvalue weighted by Crippen LogP contribution is -2.37. The summed E-state index contributed by atoms with van der Waals surface area (Å²) in [5.74, 6) is 3.71. The van der Waals surface area contributed by atoms with Crippen molar-refractivity contribution in [3.05, 3.63) is 70.2 Å². The van der Waals surface area contributed by atoms with Crippen molar-refractivity contribution < 1.29 is 33.7 Å². The number of nitrogens with zero attached hydrogens (tertiary/aromatic N) is 1. The third kappa shape index (κ3) is 9.24. The van der Waals surface area contributed by atoms with Gasteiger partial charge in [-0.1, -0.05) is 24.9 Å². The van der Waals surface area contributed by atoms with Gasteiger partial charge in [-0.25, -0.2) is 9.86 Å². The Morgan fingerprint density at radius 1 is 0.935 bits per heavy atom. The molecular formula is C34H43ClN2O7S2. The first-order valence-electron chi connectivity index (χ1n) is 15.2. The fourth-order valence-corrected chi connectivity index (χ4v) is 7.62. The number of thioether (sulfide) groups is 2. The number of amides is 2. The number of ether oxygens (including phenoxy) is 5. The zero-order valence-corrected chi connectivity index (χ0v) is 29.4. The molecule has 1 aliphatic heterocycles. The predicted molar refractivity (Wildman–Crippen MR) is 185 cm³/mol. The molecule has 0 spiro atoms. The van der Waals surface area contributed by atoms with E-state index in [9.17, 15) is 10.0 Å². The van der Waals surface area contributed by atoms with E-state index in [4.69, 9.17) is 35.3 Å². The van der Waals surface area contributed by atoms with Gasteiger partial charge in [0.2, 0.25) is 5.75 Å². The lowest BCUT2D eigenvalue weighted by Gasteiger charge is -2.21. The van der Waals surface area contributed by atoms with Gasteiger partial charge in [0.05, 0.1) is 41.6 Å². The molecular weight excluding hydrogens is 648 g/mol. The lowest BCUT2D eigenvalue weighted by molar-refractivity contribution is -0.0439. The number of urea groups is 1. The molecule has 0 saturated carbocycles. The topological polar surface area (TPSA) is 98.7 Å². The number of hydrogen-bond acceptors (Lipinski definition) is 9. The van der Waals surface area contributed by atoms with Crippen molar-refractivity contribution in [3.8, 4) is 28.7 Å². The molecule has 0 radical (unpaired) electrons. The van der Waals surface area contributed by atoms with E-state index >= 15 is 0 Å². The summed E-state index contributed by atoms with van der Waals surface area (Å²) in [5.41, 5.74) is 2.96. The first-order valence-corrected chi connectivity index (χ1v) is 17.5. The number of hydrogen-bond donors (Lipinski definition) is 2. The molecule has 3 aromatic carbocycles. The summed E-state index contributed by atoms with van der Waals surface area (Å²) < 4.78 is 28.9. The number of benzene rings is 3. The Morgan fingerprint density at radius 3 is 2.09 bits per heavy atom. The Labute approximate surface area is 285 Å². The van der Waals surface area contributed by atoms with Crippen molar-refractivity contribution in [2.75, 3.05) is 47.3 Å². The molecule has 4 rings (SSSR count). The highest BCUT2D eigenvalue weighted by Gasteiger charge is 2.31. The maximum atomic E-state index is 12.7. The molecule has 0 aromatic heterocycles. The van der Waals surface area contributed by atoms with Crippen molar-refractivity contribution in [2.45, 2.75) is 54.5 Å². The highest BCUT2D eigenvalue weighted by atomic mass is 35.5. The van der Waals surface area contributed by atoms with Gasteiger partial charge in [0.1, 0.15) is 0 Å². The molecule has 2 amide bonds. The molecule has 2 atom stereocenters. The van der Waals surface area contributed by atoms with Gasteiger partial charge in [-0.15, -0.1) is 23.5 Å². The van der Waals surface area contributed by atoms with E-state index in [0.717, 1.165) is 45.9 Å². The summed E-state index contributed by atoms with van der Waals surface area (Å²) in [7, 11) is 6.47. The molecule has 3 aromatic rings. The van der Waals surface area contributed by atoms with Crippen LogP contribution in [0.4, 0.5) is 4.79 Å². The Kier molecular flexibility index (Phi) is 13.7. The van der Waals surface area contributed by atoms with Crippen LogP contribution in [-0.4, -0.2) is 63.6 Å². The number of carbonyl (C=O) groups is 1. The van der Waals surface area contributed by atoms with Gasteiger partial charge in [-0.3, -0.25) is 5.21 Å². The summed E-state index contributed by atoms with van der Waals surface area (Å²) in [6, 6.07) is 15.3. The Balaban J connectivity index is 1.55. The Bertz CT molecular complexity index is 1420. The molecule has 1 fully saturated rings.